The number of hydrogen-bond acceptors (Lipinski definition) is 7. The van der Waals surface area contributed by atoms with Crippen LogP contribution in [0.2, 0.25) is 0 Å². The lowest BCUT2D eigenvalue weighted by Crippen LogP contribution is -2.37. The van der Waals surface area contributed by atoms with Crippen molar-refractivity contribution in [3.63, 3.8) is 0 Å². The predicted octanol–water partition coefficient (Wildman–Crippen LogP) is 3.29. The van der Waals surface area contributed by atoms with Crippen molar-refractivity contribution >= 4 is 67.2 Å². The number of likely N-dealkylation sites (tertiary alicyclic amines) is 1. The second-order valence-electron chi connectivity index (χ2n) is 9.36. The number of nitrogens with zero attached hydrogens (tertiary/aromatic N) is 1. The Labute approximate surface area is 225 Å². The van der Waals surface area contributed by atoms with Gasteiger partial charge >= 0.3 is 11.9 Å². The number of carbonyl (C=O) groups excluding carboxylic acids is 5. The highest BCUT2D eigenvalue weighted by Gasteiger charge is 2.66. The van der Waals surface area contributed by atoms with Crippen LogP contribution in [0, 0.1) is 23.7 Å². The summed E-state index contributed by atoms with van der Waals surface area (Å²) >= 11 is 7.29. The van der Waals surface area contributed by atoms with Crippen molar-refractivity contribution in [2.24, 2.45) is 23.7 Å². The summed E-state index contributed by atoms with van der Waals surface area (Å²) < 4.78 is 10.2. The zero-order valence-corrected chi connectivity index (χ0v) is 23.0. The minimum atomic E-state index is -0.673. The van der Waals surface area contributed by atoms with Crippen molar-refractivity contribution < 1.29 is 33.4 Å². The fourth-order valence-corrected chi connectivity index (χ4v) is 7.20. The van der Waals surface area contributed by atoms with Crippen LogP contribution >= 0.6 is 31.9 Å². The van der Waals surface area contributed by atoms with E-state index in [1.807, 2.05) is 6.92 Å². The maximum atomic E-state index is 12.9. The normalized spacial score (nSPS) is 28.2. The number of esters is 2. The van der Waals surface area contributed by atoms with Gasteiger partial charge in [0.05, 0.1) is 30.4 Å². The average molecular weight is 628 g/mol. The van der Waals surface area contributed by atoms with Gasteiger partial charge in [-0.2, -0.15) is 0 Å². The molecule has 0 aromatic heterocycles. The summed E-state index contributed by atoms with van der Waals surface area (Å²) in [7, 11) is 0. The number of fused-ring (bicyclic) bond motifs is 5. The molecule has 1 N–H and O–H groups in total. The molecule has 11 heteroatoms. The Bertz CT molecular complexity index is 1020. The molecule has 9 nitrogen and oxygen atoms in total. The smallest absolute Gasteiger partial charge is 0.338 e. The molecule has 2 bridgehead atoms. The number of hydrogen-bond donors (Lipinski definition) is 1. The highest BCUT2D eigenvalue weighted by atomic mass is 79.9. The van der Waals surface area contributed by atoms with Gasteiger partial charge in [-0.25, -0.2) is 4.79 Å². The number of nitrogens with one attached hydrogen (secondary N) is 1. The second-order valence-corrected chi connectivity index (χ2v) is 11.5. The molecule has 194 valence electrons. The number of rotatable bonds is 10. The predicted molar refractivity (Wildman–Crippen MR) is 137 cm³/mol. The molecular weight excluding hydrogens is 600 g/mol. The van der Waals surface area contributed by atoms with E-state index in [0.29, 0.717) is 17.9 Å². The molecule has 36 heavy (non-hydrogen) atoms. The lowest BCUT2D eigenvalue weighted by atomic mass is 9.81. The Morgan fingerprint density at radius 2 is 1.61 bits per heavy atom. The fourth-order valence-electron chi connectivity index (χ4n) is 5.33. The van der Waals surface area contributed by atoms with Crippen LogP contribution in [0.3, 0.4) is 0 Å². The number of amides is 3. The van der Waals surface area contributed by atoms with Crippen molar-refractivity contribution in [2.75, 3.05) is 25.1 Å². The molecule has 3 amide bonds. The van der Waals surface area contributed by atoms with Gasteiger partial charge in [-0.1, -0.05) is 45.2 Å². The minimum Gasteiger partial charge on any atom is -0.462 e. The standard InChI is InChI=1S/C25H28Br2N2O7/c1-2-3-10-35-25(34)13-4-6-14(7-5-13)28-17(30)12-36-18(31)8-9-29-23(32)19-15-11-16(20(19)24(29)33)22(27)21(15)26/h4-7,15-16,19-22H,2-3,8-12H2,1H3,(H,28,30)/t15-,16-,19-,20-,21-,22+/m1/s1. The molecule has 1 heterocycles. The van der Waals surface area contributed by atoms with E-state index in [-0.39, 0.29) is 58.1 Å². The summed E-state index contributed by atoms with van der Waals surface area (Å²) in [4.78, 5) is 63.5. The Balaban J connectivity index is 1.19. The van der Waals surface area contributed by atoms with E-state index in [4.69, 9.17) is 9.47 Å². The van der Waals surface area contributed by atoms with Crippen LogP contribution in [0.4, 0.5) is 5.69 Å². The Morgan fingerprint density at radius 1 is 1.00 bits per heavy atom. The molecule has 4 rings (SSSR count). The summed E-state index contributed by atoms with van der Waals surface area (Å²) in [5, 5.41) is 2.58. The van der Waals surface area contributed by atoms with Crippen LogP contribution in [0.25, 0.3) is 0 Å². The number of carbonyl (C=O) groups is 5. The van der Waals surface area contributed by atoms with E-state index >= 15 is 0 Å². The van der Waals surface area contributed by atoms with Crippen LogP contribution in [0.15, 0.2) is 24.3 Å². The molecule has 1 aromatic carbocycles. The third-order valence-corrected chi connectivity index (χ3v) is 10.3. The number of unbranched alkanes of at least 4 members (excludes halogenated alkanes) is 1. The van der Waals surface area contributed by atoms with Crippen molar-refractivity contribution in [1.82, 2.24) is 4.90 Å². The summed E-state index contributed by atoms with van der Waals surface area (Å²) in [6, 6.07) is 6.19. The lowest BCUT2D eigenvalue weighted by molar-refractivity contribution is -0.149. The SMILES string of the molecule is CCCCOC(=O)c1ccc(NC(=O)COC(=O)CCN2C(=O)[C@@H]3[C@H]4C[C@@H]([C@@H](Br)[C@H]4Br)[C@H]3C2=O)cc1. The van der Waals surface area contributed by atoms with Crippen molar-refractivity contribution in [1.29, 1.82) is 0 Å². The highest BCUT2D eigenvalue weighted by Crippen LogP contribution is 2.60. The number of halogens is 2. The summed E-state index contributed by atoms with van der Waals surface area (Å²) in [6.07, 6.45) is 2.38. The van der Waals surface area contributed by atoms with Crippen molar-refractivity contribution in [3.05, 3.63) is 29.8 Å². The van der Waals surface area contributed by atoms with Crippen LogP contribution in [0.1, 0.15) is 43.0 Å². The Kier molecular flexibility index (Phi) is 8.49. The molecule has 3 aliphatic rings. The first-order valence-electron chi connectivity index (χ1n) is 12.1. The molecular formula is C25H28Br2N2O7. The number of imide groups is 1. The van der Waals surface area contributed by atoms with Crippen LogP contribution in [0.5, 0.6) is 0 Å². The molecule has 0 unspecified atom stereocenters. The number of ether oxygens (including phenoxy) is 2. The summed E-state index contributed by atoms with van der Waals surface area (Å²) in [5.74, 6) is -2.52. The molecule has 0 radical (unpaired) electrons. The highest BCUT2D eigenvalue weighted by molar-refractivity contribution is 9.12. The van der Waals surface area contributed by atoms with Crippen molar-refractivity contribution in [3.8, 4) is 0 Å². The van der Waals surface area contributed by atoms with Gasteiger partial charge in [-0.3, -0.25) is 24.1 Å². The lowest BCUT2D eigenvalue weighted by Gasteiger charge is -2.28. The van der Waals surface area contributed by atoms with Crippen LogP contribution in [-0.4, -0.2) is 64.0 Å². The Hall–Kier alpha value is -2.27. The first-order chi connectivity index (χ1) is 17.2. The van der Waals surface area contributed by atoms with E-state index in [1.54, 1.807) is 12.1 Å². The van der Waals surface area contributed by atoms with E-state index in [9.17, 15) is 24.0 Å². The third-order valence-electron chi connectivity index (χ3n) is 7.12. The number of alkyl halides is 2. The van der Waals surface area contributed by atoms with Gasteiger partial charge in [-0.05, 0) is 48.9 Å². The van der Waals surface area contributed by atoms with Gasteiger partial charge < -0.3 is 14.8 Å². The molecule has 1 aliphatic heterocycles. The van der Waals surface area contributed by atoms with Gasteiger partial charge in [0.1, 0.15) is 0 Å². The molecule has 3 fully saturated rings. The topological polar surface area (TPSA) is 119 Å². The van der Waals surface area contributed by atoms with E-state index < -0.39 is 24.5 Å². The van der Waals surface area contributed by atoms with E-state index in [2.05, 4.69) is 37.2 Å². The average Bonchev–Trinajstić information content (AvgIpc) is 3.47. The molecule has 2 aliphatic carbocycles. The van der Waals surface area contributed by atoms with Crippen LogP contribution in [-0.2, 0) is 28.7 Å². The van der Waals surface area contributed by atoms with Gasteiger partial charge in [0, 0.05) is 21.9 Å². The molecule has 1 aromatic rings. The van der Waals surface area contributed by atoms with Gasteiger partial charge in [0.2, 0.25) is 11.8 Å². The summed E-state index contributed by atoms with van der Waals surface area (Å²) in [5.41, 5.74) is 0.808. The molecule has 1 saturated heterocycles. The van der Waals surface area contributed by atoms with E-state index in [0.717, 1.165) is 19.3 Å². The maximum Gasteiger partial charge on any atom is 0.338 e. The zero-order valence-electron chi connectivity index (χ0n) is 19.8. The minimum absolute atomic E-state index is 0.0553. The van der Waals surface area contributed by atoms with Gasteiger partial charge in [0.25, 0.3) is 5.91 Å². The van der Waals surface area contributed by atoms with Gasteiger partial charge in [0.15, 0.2) is 6.61 Å². The second kappa shape index (κ2) is 11.4. The monoisotopic (exact) mass is 626 g/mol. The first kappa shape index (κ1) is 26.8. The molecule has 2 saturated carbocycles. The number of benzene rings is 1. The third kappa shape index (κ3) is 5.37. The quantitative estimate of drug-likeness (QED) is 0.183. The van der Waals surface area contributed by atoms with Crippen LogP contribution < -0.4 is 5.32 Å². The zero-order chi connectivity index (χ0) is 26.0. The Morgan fingerprint density at radius 3 is 2.19 bits per heavy atom. The van der Waals surface area contributed by atoms with Gasteiger partial charge in [-0.15, -0.1) is 0 Å². The molecule has 6 atom stereocenters. The summed E-state index contributed by atoms with van der Waals surface area (Å²) in [6.45, 7) is 1.80. The van der Waals surface area contributed by atoms with Crippen molar-refractivity contribution in [2.45, 2.75) is 42.3 Å². The van der Waals surface area contributed by atoms with E-state index in [1.165, 1.54) is 17.0 Å². The fraction of sp³-hybridized carbons (Fsp3) is 0.560. The maximum absolute atomic E-state index is 12.9. The largest absolute Gasteiger partial charge is 0.462 e. The number of anilines is 1. The first-order valence-corrected chi connectivity index (χ1v) is 13.9. The molecule has 0 spiro atoms.